The smallest absolute Gasteiger partial charge is 0.490 e. The molecule has 14 heteroatoms. The molecule has 4 aromatic carbocycles. The summed E-state index contributed by atoms with van der Waals surface area (Å²) in [6, 6.07) is 28.7. The van der Waals surface area contributed by atoms with Gasteiger partial charge in [0.1, 0.15) is 5.75 Å². The largest absolute Gasteiger partial charge is 0.508 e. The van der Waals surface area contributed by atoms with Crippen LogP contribution in [0.4, 0.5) is 13.2 Å². The van der Waals surface area contributed by atoms with E-state index in [1.54, 1.807) is 41.3 Å². The van der Waals surface area contributed by atoms with Crippen LogP contribution < -0.4 is 11.1 Å². The second kappa shape index (κ2) is 18.4. The van der Waals surface area contributed by atoms with Gasteiger partial charge in [-0.15, -0.1) is 0 Å². The molecular weight excluding hydrogens is 713 g/mol. The average Bonchev–Trinajstić information content (AvgIpc) is 3.14. The normalized spacial score (nSPS) is 13.7. The third kappa shape index (κ3) is 11.0. The van der Waals surface area contributed by atoms with Crippen LogP contribution in [-0.4, -0.2) is 82.1 Å². The molecule has 1 aliphatic rings. The van der Waals surface area contributed by atoms with E-state index in [0.29, 0.717) is 55.2 Å². The molecule has 0 aliphatic carbocycles. The van der Waals surface area contributed by atoms with Crippen molar-refractivity contribution in [3.63, 3.8) is 0 Å². The number of carboxylic acid groups (broad SMARTS) is 1. The highest BCUT2D eigenvalue weighted by Crippen LogP contribution is 2.33. The molecule has 4 aromatic rings. The number of amides is 3. The number of phenols is 1. The Bertz CT molecular complexity index is 1900. The number of phenolic OH excluding ortho intramolecular Hbond substituents is 1. The molecule has 280 valence electrons. The van der Waals surface area contributed by atoms with Crippen LogP contribution in [0.5, 0.6) is 5.75 Å². The highest BCUT2D eigenvalue weighted by molar-refractivity contribution is 6.30. The Morgan fingerprint density at radius 1 is 0.943 bits per heavy atom. The van der Waals surface area contributed by atoms with Crippen LogP contribution in [0.2, 0.25) is 5.02 Å². The molecule has 5 N–H and O–H groups in total. The van der Waals surface area contributed by atoms with Crippen molar-refractivity contribution in [2.24, 2.45) is 5.73 Å². The van der Waals surface area contributed by atoms with Gasteiger partial charge in [0, 0.05) is 48.4 Å². The molecule has 1 unspecified atom stereocenters. The summed E-state index contributed by atoms with van der Waals surface area (Å²) >= 11 is 6.10. The number of benzene rings is 4. The van der Waals surface area contributed by atoms with E-state index in [-0.39, 0.29) is 42.0 Å². The van der Waals surface area contributed by atoms with Gasteiger partial charge in [-0.25, -0.2) is 4.79 Å². The van der Waals surface area contributed by atoms with Crippen molar-refractivity contribution in [1.82, 2.24) is 15.1 Å². The second-order valence-corrected chi connectivity index (χ2v) is 12.8. The van der Waals surface area contributed by atoms with Crippen LogP contribution in [0, 0.1) is 0 Å². The molecular formula is C39H40ClF3N4O6. The van der Waals surface area contributed by atoms with E-state index in [9.17, 15) is 32.7 Å². The average molecular weight is 753 g/mol. The van der Waals surface area contributed by atoms with Crippen LogP contribution >= 0.6 is 11.6 Å². The maximum absolute atomic E-state index is 14.1. The number of piperidine rings is 1. The minimum Gasteiger partial charge on any atom is -0.508 e. The quantitative estimate of drug-likeness (QED) is 0.145. The minimum absolute atomic E-state index is 0.0143. The molecule has 1 saturated heterocycles. The zero-order valence-electron chi connectivity index (χ0n) is 28.9. The van der Waals surface area contributed by atoms with Gasteiger partial charge in [0.15, 0.2) is 0 Å². The molecule has 0 saturated carbocycles. The first kappa shape index (κ1) is 40.4. The van der Waals surface area contributed by atoms with E-state index in [1.807, 2.05) is 66.4 Å². The van der Waals surface area contributed by atoms with Gasteiger partial charge in [-0.05, 0) is 84.5 Å². The number of halogens is 4. The highest BCUT2D eigenvalue weighted by Gasteiger charge is 2.38. The Morgan fingerprint density at radius 3 is 2.21 bits per heavy atom. The Hall–Kier alpha value is -5.40. The number of aromatic hydroxyl groups is 1. The SMILES string of the molecule is CC(c1cccc(-c2ccccc2C(=O)NCCN)c1)N(C(=O)Cc1ccc(Cl)cc1)C1CCN(C(=O)c2cccc(O)c2)CC1.O=C(O)C(F)(F)F. The van der Waals surface area contributed by atoms with Gasteiger partial charge in [-0.2, -0.15) is 13.2 Å². The molecule has 1 fully saturated rings. The predicted molar refractivity (Wildman–Crippen MR) is 194 cm³/mol. The van der Waals surface area contributed by atoms with Crippen molar-refractivity contribution in [3.05, 3.63) is 124 Å². The fraction of sp³-hybridized carbons (Fsp3) is 0.282. The fourth-order valence-corrected chi connectivity index (χ4v) is 6.24. The van der Waals surface area contributed by atoms with Gasteiger partial charge in [-0.3, -0.25) is 14.4 Å². The molecule has 10 nitrogen and oxygen atoms in total. The number of nitrogens with two attached hydrogens (primary N) is 1. The van der Waals surface area contributed by atoms with Crippen LogP contribution in [0.25, 0.3) is 11.1 Å². The van der Waals surface area contributed by atoms with Crippen LogP contribution in [-0.2, 0) is 16.0 Å². The molecule has 0 radical (unpaired) electrons. The summed E-state index contributed by atoms with van der Waals surface area (Å²) in [6.45, 7) is 3.74. The van der Waals surface area contributed by atoms with Crippen molar-refractivity contribution < 1.29 is 42.6 Å². The second-order valence-electron chi connectivity index (χ2n) is 12.4. The lowest BCUT2D eigenvalue weighted by Crippen LogP contribution is -2.50. The molecule has 1 atom stereocenters. The predicted octanol–water partition coefficient (Wildman–Crippen LogP) is 6.47. The van der Waals surface area contributed by atoms with Gasteiger partial charge in [0.2, 0.25) is 5.91 Å². The van der Waals surface area contributed by atoms with E-state index in [4.69, 9.17) is 27.2 Å². The summed E-state index contributed by atoms with van der Waals surface area (Å²) in [6.07, 6.45) is -3.63. The van der Waals surface area contributed by atoms with E-state index in [2.05, 4.69) is 5.32 Å². The third-order valence-corrected chi connectivity index (χ3v) is 8.99. The number of aliphatic carboxylic acids is 1. The van der Waals surface area contributed by atoms with Crippen molar-refractivity contribution >= 4 is 35.3 Å². The molecule has 0 spiro atoms. The maximum Gasteiger partial charge on any atom is 0.490 e. The number of likely N-dealkylation sites (tertiary alicyclic amines) is 1. The first-order valence-corrected chi connectivity index (χ1v) is 17.2. The van der Waals surface area contributed by atoms with Crippen molar-refractivity contribution in [2.45, 2.75) is 44.4 Å². The Kier molecular flexibility index (Phi) is 14.0. The molecule has 1 aliphatic heterocycles. The summed E-state index contributed by atoms with van der Waals surface area (Å²) < 4.78 is 31.7. The monoisotopic (exact) mass is 752 g/mol. The Morgan fingerprint density at radius 2 is 1.58 bits per heavy atom. The molecule has 1 heterocycles. The zero-order chi connectivity index (χ0) is 38.7. The third-order valence-electron chi connectivity index (χ3n) is 8.74. The lowest BCUT2D eigenvalue weighted by atomic mass is 9.93. The van der Waals surface area contributed by atoms with Gasteiger partial charge in [0.25, 0.3) is 11.8 Å². The molecule has 3 amide bonds. The highest BCUT2D eigenvalue weighted by atomic mass is 35.5. The molecule has 53 heavy (non-hydrogen) atoms. The number of hydrogen-bond donors (Lipinski definition) is 4. The summed E-state index contributed by atoms with van der Waals surface area (Å²) in [7, 11) is 0. The minimum atomic E-state index is -5.08. The van der Waals surface area contributed by atoms with Crippen molar-refractivity contribution in [1.29, 1.82) is 0 Å². The van der Waals surface area contributed by atoms with Crippen molar-refractivity contribution in [3.8, 4) is 16.9 Å². The number of nitrogens with zero attached hydrogens (tertiary/aromatic N) is 2. The van der Waals surface area contributed by atoms with Crippen molar-refractivity contribution in [2.75, 3.05) is 26.2 Å². The zero-order valence-corrected chi connectivity index (χ0v) is 29.6. The number of nitrogens with one attached hydrogen (secondary N) is 1. The van der Waals surface area contributed by atoms with Gasteiger partial charge >= 0.3 is 12.1 Å². The molecule has 0 bridgehead atoms. The van der Waals surface area contributed by atoms with Crippen LogP contribution in [0.1, 0.15) is 57.7 Å². The van der Waals surface area contributed by atoms with Crippen LogP contribution in [0.3, 0.4) is 0 Å². The lowest BCUT2D eigenvalue weighted by Gasteiger charge is -2.42. The lowest BCUT2D eigenvalue weighted by molar-refractivity contribution is -0.192. The maximum atomic E-state index is 14.1. The van der Waals surface area contributed by atoms with E-state index >= 15 is 0 Å². The van der Waals surface area contributed by atoms with Crippen LogP contribution in [0.15, 0.2) is 97.1 Å². The fourth-order valence-electron chi connectivity index (χ4n) is 6.11. The summed E-state index contributed by atoms with van der Waals surface area (Å²) in [5.74, 6) is -3.05. The number of rotatable bonds is 10. The Labute approximate surface area is 310 Å². The number of carboxylic acids is 1. The van der Waals surface area contributed by atoms with Gasteiger partial charge < -0.3 is 31.1 Å². The van der Waals surface area contributed by atoms with Gasteiger partial charge in [-0.1, -0.05) is 66.2 Å². The summed E-state index contributed by atoms with van der Waals surface area (Å²) in [5, 5.41) is 20.5. The summed E-state index contributed by atoms with van der Waals surface area (Å²) in [5.41, 5.74) is 10.1. The standard InChI is InChI=1S/C37H39ClN4O4.C2HF3O2/c1-25(27-6-4-7-28(23-27)33-10-2-3-11-34(33)36(45)40-19-18-39)42(35(44)22-26-12-14-30(38)15-13-26)31-16-20-41(21-17-31)37(46)29-8-5-9-32(43)24-29;3-2(4,5)1(6)7/h2-15,23-25,31,43H,16-22,39H2,1H3,(H,40,45);(H,6,7). The number of carbonyl (C=O) groups excluding carboxylic acids is 3. The van der Waals surface area contributed by atoms with Gasteiger partial charge in [0.05, 0.1) is 12.5 Å². The van der Waals surface area contributed by atoms with E-state index < -0.39 is 12.1 Å². The van der Waals surface area contributed by atoms with E-state index in [0.717, 1.165) is 22.3 Å². The topological polar surface area (TPSA) is 153 Å². The number of hydrogen-bond acceptors (Lipinski definition) is 6. The number of alkyl halides is 3. The number of carbonyl (C=O) groups is 4. The molecule has 0 aromatic heterocycles. The first-order chi connectivity index (χ1) is 25.2. The first-order valence-electron chi connectivity index (χ1n) is 16.8. The summed E-state index contributed by atoms with van der Waals surface area (Å²) in [4.78, 5) is 52.9. The molecule has 5 rings (SSSR count). The Balaban J connectivity index is 0.000000815. The van der Waals surface area contributed by atoms with E-state index in [1.165, 1.54) is 6.07 Å².